The second-order valence-electron chi connectivity index (χ2n) is 4.03. The van der Waals surface area contributed by atoms with Gasteiger partial charge in [-0.2, -0.15) is 5.26 Å². The van der Waals surface area contributed by atoms with E-state index >= 15 is 0 Å². The van der Waals surface area contributed by atoms with Gasteiger partial charge in [-0.1, -0.05) is 18.2 Å². The first-order chi connectivity index (χ1) is 6.58. The van der Waals surface area contributed by atoms with Crippen LogP contribution in [0.4, 0.5) is 0 Å². The third-order valence-corrected chi connectivity index (χ3v) is 3.00. The molecule has 2 nitrogen and oxygen atoms in total. The van der Waals surface area contributed by atoms with Gasteiger partial charge in [0, 0.05) is 0 Å². The van der Waals surface area contributed by atoms with Crippen LogP contribution in [0.5, 0.6) is 0 Å². The first kappa shape index (κ1) is 9.23. The number of aryl methyl sites for hydroxylation is 2. The molecule has 0 aromatic heterocycles. The van der Waals surface area contributed by atoms with Crippen LogP contribution in [0.1, 0.15) is 23.6 Å². The maximum absolute atomic E-state index is 8.75. The Morgan fingerprint density at radius 3 is 2.57 bits per heavy atom. The zero-order chi connectivity index (χ0) is 10.3. The summed E-state index contributed by atoms with van der Waals surface area (Å²) in [6.07, 6.45) is -0.274. The van der Waals surface area contributed by atoms with E-state index in [-0.39, 0.29) is 11.7 Å². The highest BCUT2D eigenvalue weighted by Gasteiger charge is 2.54. The van der Waals surface area contributed by atoms with E-state index in [0.717, 1.165) is 5.56 Å². The lowest BCUT2D eigenvalue weighted by atomic mass is 9.95. The van der Waals surface area contributed by atoms with Crippen molar-refractivity contribution in [2.24, 2.45) is 0 Å². The van der Waals surface area contributed by atoms with Gasteiger partial charge in [-0.05, 0) is 37.5 Å². The molecule has 1 heterocycles. The molecule has 1 aliphatic heterocycles. The summed E-state index contributed by atoms with van der Waals surface area (Å²) >= 11 is 0. The molecule has 0 aliphatic carbocycles. The topological polar surface area (TPSA) is 36.3 Å². The number of hydrogen-bond donors (Lipinski definition) is 0. The highest BCUT2D eigenvalue weighted by Crippen LogP contribution is 2.45. The lowest BCUT2D eigenvalue weighted by molar-refractivity contribution is 0.321. The Balaban J connectivity index is 2.36. The quantitative estimate of drug-likeness (QED) is 0.633. The molecule has 0 spiro atoms. The van der Waals surface area contributed by atoms with Crippen molar-refractivity contribution in [2.75, 3.05) is 0 Å². The van der Waals surface area contributed by atoms with Crippen LogP contribution in [-0.2, 0) is 10.3 Å². The van der Waals surface area contributed by atoms with E-state index in [1.54, 1.807) is 0 Å². The van der Waals surface area contributed by atoms with Gasteiger partial charge in [-0.15, -0.1) is 0 Å². The van der Waals surface area contributed by atoms with E-state index in [2.05, 4.69) is 32.0 Å². The van der Waals surface area contributed by atoms with Gasteiger partial charge in [0.1, 0.15) is 5.60 Å². The molecule has 1 aromatic carbocycles. The molecule has 1 fully saturated rings. The van der Waals surface area contributed by atoms with Crippen LogP contribution in [0.2, 0.25) is 0 Å². The van der Waals surface area contributed by atoms with Gasteiger partial charge in [0.25, 0.3) is 0 Å². The highest BCUT2D eigenvalue weighted by molar-refractivity contribution is 5.37. The van der Waals surface area contributed by atoms with Crippen LogP contribution in [0, 0.1) is 25.2 Å². The maximum Gasteiger partial charge on any atom is 0.178 e. The fourth-order valence-electron chi connectivity index (χ4n) is 1.63. The summed E-state index contributed by atoms with van der Waals surface area (Å²) in [5, 5.41) is 8.75. The van der Waals surface area contributed by atoms with Gasteiger partial charge in [-0.25, -0.2) is 0 Å². The molecule has 0 radical (unpaired) electrons. The Labute approximate surface area is 84.1 Å². The van der Waals surface area contributed by atoms with Crippen molar-refractivity contribution < 1.29 is 4.74 Å². The molecule has 1 saturated heterocycles. The summed E-state index contributed by atoms with van der Waals surface area (Å²) in [6, 6.07) is 8.36. The van der Waals surface area contributed by atoms with Crippen LogP contribution in [-0.4, -0.2) is 6.10 Å². The number of nitriles is 1. The first-order valence-electron chi connectivity index (χ1n) is 4.73. The molecule has 1 aromatic rings. The van der Waals surface area contributed by atoms with Crippen molar-refractivity contribution in [3.8, 4) is 6.07 Å². The van der Waals surface area contributed by atoms with E-state index in [1.165, 1.54) is 11.1 Å². The molecule has 2 heteroatoms. The Hall–Kier alpha value is -1.33. The molecule has 0 amide bonds. The number of hydrogen-bond acceptors (Lipinski definition) is 2. The van der Waals surface area contributed by atoms with Gasteiger partial charge >= 0.3 is 0 Å². The smallest absolute Gasteiger partial charge is 0.178 e. The molecule has 0 bridgehead atoms. The molecule has 14 heavy (non-hydrogen) atoms. The normalized spacial score (nSPS) is 29.7. The van der Waals surface area contributed by atoms with Crippen molar-refractivity contribution in [3.05, 3.63) is 34.9 Å². The van der Waals surface area contributed by atoms with Crippen LogP contribution < -0.4 is 0 Å². The third-order valence-electron chi connectivity index (χ3n) is 3.00. The minimum Gasteiger partial charge on any atom is -0.345 e. The molecule has 2 atom stereocenters. The summed E-state index contributed by atoms with van der Waals surface area (Å²) < 4.78 is 5.37. The van der Waals surface area contributed by atoms with Crippen LogP contribution in [0.3, 0.4) is 0 Å². The second kappa shape index (κ2) is 2.83. The van der Waals surface area contributed by atoms with E-state index in [1.807, 2.05) is 13.0 Å². The van der Waals surface area contributed by atoms with E-state index in [4.69, 9.17) is 10.00 Å². The minimum atomic E-state index is -0.368. The minimum absolute atomic E-state index is 0.274. The zero-order valence-electron chi connectivity index (χ0n) is 8.66. The number of rotatable bonds is 1. The predicted molar refractivity (Wildman–Crippen MR) is 53.8 cm³/mol. The van der Waals surface area contributed by atoms with E-state index < -0.39 is 0 Å². The summed E-state index contributed by atoms with van der Waals surface area (Å²) in [5.74, 6) is 0. The largest absolute Gasteiger partial charge is 0.345 e. The van der Waals surface area contributed by atoms with Crippen LogP contribution >= 0.6 is 0 Å². The summed E-state index contributed by atoms with van der Waals surface area (Å²) in [5.41, 5.74) is 3.25. The lowest BCUT2D eigenvalue weighted by Crippen LogP contribution is -2.06. The van der Waals surface area contributed by atoms with E-state index in [9.17, 15) is 0 Å². The highest BCUT2D eigenvalue weighted by atomic mass is 16.6. The van der Waals surface area contributed by atoms with Gasteiger partial charge in [-0.3, -0.25) is 0 Å². The van der Waals surface area contributed by atoms with Crippen molar-refractivity contribution in [1.82, 2.24) is 0 Å². The summed E-state index contributed by atoms with van der Waals surface area (Å²) in [4.78, 5) is 0. The fourth-order valence-corrected chi connectivity index (χ4v) is 1.63. The van der Waals surface area contributed by atoms with Gasteiger partial charge in [0.05, 0.1) is 6.07 Å². The average molecular weight is 187 g/mol. The molecule has 72 valence electrons. The van der Waals surface area contributed by atoms with Gasteiger partial charge in [0.15, 0.2) is 6.10 Å². The van der Waals surface area contributed by atoms with Crippen molar-refractivity contribution in [1.29, 1.82) is 5.26 Å². The van der Waals surface area contributed by atoms with Crippen LogP contribution in [0.25, 0.3) is 0 Å². The molecule has 0 N–H and O–H groups in total. The monoisotopic (exact) mass is 187 g/mol. The van der Waals surface area contributed by atoms with Crippen molar-refractivity contribution in [2.45, 2.75) is 32.5 Å². The number of epoxide rings is 1. The fraction of sp³-hybridized carbons (Fsp3) is 0.417. The van der Waals surface area contributed by atoms with Crippen LogP contribution in [0.15, 0.2) is 18.2 Å². The van der Waals surface area contributed by atoms with Gasteiger partial charge in [0.2, 0.25) is 0 Å². The molecule has 2 rings (SSSR count). The Morgan fingerprint density at radius 2 is 2.07 bits per heavy atom. The van der Waals surface area contributed by atoms with Crippen molar-refractivity contribution in [3.63, 3.8) is 0 Å². The standard InChI is InChI=1S/C12H13NO/c1-8-4-5-10(6-9(8)2)12(3)11(7-13)14-12/h4-6,11H,1-3H3. The first-order valence-corrected chi connectivity index (χ1v) is 4.73. The Bertz CT molecular complexity index is 419. The summed E-state index contributed by atoms with van der Waals surface area (Å²) in [6.45, 7) is 6.12. The molecule has 2 unspecified atom stereocenters. The van der Waals surface area contributed by atoms with E-state index in [0.29, 0.717) is 0 Å². The maximum atomic E-state index is 8.75. The third kappa shape index (κ3) is 1.21. The Kier molecular flexibility index (Phi) is 1.87. The van der Waals surface area contributed by atoms with Gasteiger partial charge < -0.3 is 4.74 Å². The second-order valence-corrected chi connectivity index (χ2v) is 4.03. The number of nitrogens with zero attached hydrogens (tertiary/aromatic N) is 1. The molecular weight excluding hydrogens is 174 g/mol. The number of benzene rings is 1. The molecular formula is C12H13NO. The number of ether oxygens (including phenoxy) is 1. The average Bonchev–Trinajstić information content (AvgIpc) is 2.83. The predicted octanol–water partition coefficient (Wildman–Crippen LogP) is 2.44. The SMILES string of the molecule is Cc1ccc(C2(C)OC2C#N)cc1C. The zero-order valence-corrected chi connectivity index (χ0v) is 8.66. The summed E-state index contributed by atoms with van der Waals surface area (Å²) in [7, 11) is 0. The lowest BCUT2D eigenvalue weighted by Gasteiger charge is -2.08. The molecule has 0 saturated carbocycles. The molecule has 1 aliphatic rings. The Morgan fingerprint density at radius 1 is 1.36 bits per heavy atom. The van der Waals surface area contributed by atoms with Crippen molar-refractivity contribution >= 4 is 0 Å².